The Balaban J connectivity index is 2.28. The van der Waals surface area contributed by atoms with Gasteiger partial charge in [0.25, 0.3) is 0 Å². The smallest absolute Gasteiger partial charge is 0.322 e. The number of nitrogens with zero attached hydrogens (tertiary/aromatic N) is 2. The van der Waals surface area contributed by atoms with Gasteiger partial charge in [-0.05, 0) is 30.5 Å². The number of aromatic hydroxyl groups is 1. The lowest BCUT2D eigenvalue weighted by Gasteiger charge is -2.30. The zero-order valence-corrected chi connectivity index (χ0v) is 13.3. The van der Waals surface area contributed by atoms with Crippen molar-refractivity contribution in [1.82, 2.24) is 4.57 Å². The van der Waals surface area contributed by atoms with E-state index in [1.54, 1.807) is 16.7 Å². The van der Waals surface area contributed by atoms with E-state index in [9.17, 15) is 19.6 Å². The van der Waals surface area contributed by atoms with E-state index < -0.39 is 11.3 Å². The molecule has 24 heavy (non-hydrogen) atoms. The molecule has 1 N–H and O–H groups in total. The minimum absolute atomic E-state index is 0.0144. The lowest BCUT2D eigenvalue weighted by molar-refractivity contribution is 0.0999. The molecule has 7 heteroatoms. The molecule has 2 aromatic rings. The summed E-state index contributed by atoms with van der Waals surface area (Å²) in [5.41, 5.74) is 1.43. The second-order valence-corrected chi connectivity index (χ2v) is 5.69. The Labute approximate surface area is 137 Å². The predicted molar refractivity (Wildman–Crippen MR) is 87.5 cm³/mol. The van der Waals surface area contributed by atoms with Crippen molar-refractivity contribution in [2.24, 2.45) is 5.18 Å². The number of aromatic nitrogens is 1. The summed E-state index contributed by atoms with van der Waals surface area (Å²) in [6, 6.07) is 4.63. The van der Waals surface area contributed by atoms with Crippen LogP contribution in [-0.4, -0.2) is 22.7 Å². The molecule has 2 heterocycles. The van der Waals surface area contributed by atoms with Crippen LogP contribution in [0.4, 0.5) is 0 Å². The number of methoxy groups -OCH3 is 1. The van der Waals surface area contributed by atoms with E-state index >= 15 is 0 Å². The molecule has 1 aliphatic heterocycles. The number of hydrogen-bond acceptors (Lipinski definition) is 5. The molecule has 0 bridgehead atoms. The maximum atomic E-state index is 12.2. The van der Waals surface area contributed by atoms with Crippen molar-refractivity contribution in [3.63, 3.8) is 0 Å². The van der Waals surface area contributed by atoms with Gasteiger partial charge in [0.1, 0.15) is 5.56 Å². The topological polar surface area (TPSA) is 98.0 Å². The molecule has 1 atom stereocenters. The number of carbonyl (C=O) groups excluding carboxylic acids is 1. The number of fused-ring (bicyclic) bond motifs is 3. The molecule has 0 aliphatic carbocycles. The lowest BCUT2D eigenvalue weighted by Crippen LogP contribution is -2.25. The second kappa shape index (κ2) is 5.92. The van der Waals surface area contributed by atoms with Crippen LogP contribution in [0.15, 0.2) is 34.4 Å². The van der Waals surface area contributed by atoms with Gasteiger partial charge in [0.2, 0.25) is 0 Å². The van der Waals surface area contributed by atoms with Crippen LogP contribution in [0, 0.1) is 4.91 Å². The first-order valence-electron chi connectivity index (χ1n) is 7.54. The number of hydrogen-bond donors (Lipinski definition) is 1. The third-order valence-corrected chi connectivity index (χ3v) is 4.39. The minimum Gasteiger partial charge on any atom is -0.504 e. The molecule has 0 fully saturated rings. The number of phenolic OH excluding ortho intramolecular Hbond substituents is 1. The van der Waals surface area contributed by atoms with Crippen LogP contribution in [-0.2, 0) is 6.42 Å². The molecule has 0 spiro atoms. The monoisotopic (exact) mass is 328 g/mol. The number of benzene rings is 1. The van der Waals surface area contributed by atoms with Crippen molar-refractivity contribution >= 4 is 5.91 Å². The fraction of sp³-hybridized carbons (Fsp3) is 0.294. The summed E-state index contributed by atoms with van der Waals surface area (Å²) >= 11 is 0. The molecule has 1 aliphatic rings. The summed E-state index contributed by atoms with van der Waals surface area (Å²) in [6.07, 6.45) is 2.81. The Kier molecular flexibility index (Phi) is 3.92. The summed E-state index contributed by atoms with van der Waals surface area (Å²) in [7, 11) is 1.48. The van der Waals surface area contributed by atoms with Gasteiger partial charge in [0.05, 0.1) is 12.8 Å². The average molecular weight is 328 g/mol. The zero-order chi connectivity index (χ0) is 17.4. The van der Waals surface area contributed by atoms with Crippen LogP contribution < -0.4 is 10.2 Å². The largest absolute Gasteiger partial charge is 0.504 e. The molecule has 0 radical (unpaired) electrons. The number of amides is 1. The Morgan fingerprint density at radius 1 is 1.42 bits per heavy atom. The highest BCUT2D eigenvalue weighted by molar-refractivity contribution is 5.94. The maximum absolute atomic E-state index is 12.2. The van der Waals surface area contributed by atoms with Crippen LogP contribution in [0.2, 0.25) is 0 Å². The molecule has 1 aromatic heterocycles. The average Bonchev–Trinajstić information content (AvgIpc) is 2.59. The van der Waals surface area contributed by atoms with Gasteiger partial charge in [-0.1, -0.05) is 6.92 Å². The van der Waals surface area contributed by atoms with Crippen LogP contribution in [0.25, 0.3) is 11.3 Å². The molecule has 0 saturated heterocycles. The van der Waals surface area contributed by atoms with E-state index in [1.165, 1.54) is 19.4 Å². The summed E-state index contributed by atoms with van der Waals surface area (Å²) in [5, 5.41) is 12.4. The molecule has 7 nitrogen and oxygen atoms in total. The molecule has 1 amide bonds. The first-order valence-corrected chi connectivity index (χ1v) is 7.54. The van der Waals surface area contributed by atoms with Crippen molar-refractivity contribution in [2.75, 3.05) is 7.11 Å². The summed E-state index contributed by atoms with van der Waals surface area (Å²) in [5.74, 6) is -0.732. The number of rotatable bonds is 3. The molecule has 0 unspecified atom stereocenters. The minimum atomic E-state index is -1.08. The molecular weight excluding hydrogens is 312 g/mol. The predicted octanol–water partition coefficient (Wildman–Crippen LogP) is 2.64. The van der Waals surface area contributed by atoms with Gasteiger partial charge in [-0.2, -0.15) is 0 Å². The quantitative estimate of drug-likeness (QED) is 0.873. The highest BCUT2D eigenvalue weighted by Crippen LogP contribution is 2.41. The fourth-order valence-corrected chi connectivity index (χ4v) is 3.15. The number of ether oxygens (including phenoxy) is 1. The fourth-order valence-electron chi connectivity index (χ4n) is 3.15. The zero-order valence-electron chi connectivity index (χ0n) is 13.3. The second-order valence-electron chi connectivity index (χ2n) is 5.69. The van der Waals surface area contributed by atoms with Crippen LogP contribution >= 0.6 is 0 Å². The van der Waals surface area contributed by atoms with Gasteiger partial charge in [-0.15, -0.1) is 4.91 Å². The van der Waals surface area contributed by atoms with Gasteiger partial charge in [0, 0.05) is 29.0 Å². The number of phenols is 1. The Hall–Kier alpha value is -2.96. The van der Waals surface area contributed by atoms with Crippen molar-refractivity contribution in [1.29, 1.82) is 0 Å². The Morgan fingerprint density at radius 2 is 2.17 bits per heavy atom. The summed E-state index contributed by atoms with van der Waals surface area (Å²) in [4.78, 5) is 34.2. The summed E-state index contributed by atoms with van der Waals surface area (Å²) < 4.78 is 6.95. The van der Waals surface area contributed by atoms with E-state index in [2.05, 4.69) is 5.18 Å². The standard InChI is InChI=1S/C17H16N2O5/c1-3-10-4-9-5-16(24-2)15(21)6-11(9)13-7-14(20)12(8-19(10)13)17(22)18-23/h5-8,10,21H,3-4H2,1-2H3/t10-/m0/s1. The van der Waals surface area contributed by atoms with E-state index in [1.807, 2.05) is 6.92 Å². The first-order chi connectivity index (χ1) is 11.5. The van der Waals surface area contributed by atoms with Gasteiger partial charge < -0.3 is 14.4 Å². The SMILES string of the molecule is CC[C@H]1Cc2cc(OC)c(O)cc2-c2cc(=O)c(C(=O)N=O)cn21. The number of nitroso groups, excluding NO2 is 1. The van der Waals surface area contributed by atoms with Gasteiger partial charge >= 0.3 is 5.91 Å². The van der Waals surface area contributed by atoms with Crippen molar-refractivity contribution < 1.29 is 14.6 Å². The third-order valence-electron chi connectivity index (χ3n) is 4.39. The van der Waals surface area contributed by atoms with Crippen LogP contribution in [0.5, 0.6) is 11.5 Å². The normalized spacial score (nSPS) is 15.3. The van der Waals surface area contributed by atoms with E-state index in [0.717, 1.165) is 12.0 Å². The Bertz CT molecular complexity index is 901. The van der Waals surface area contributed by atoms with Gasteiger partial charge in [-0.3, -0.25) is 9.59 Å². The van der Waals surface area contributed by atoms with E-state index in [0.29, 0.717) is 23.4 Å². The molecule has 1 aromatic carbocycles. The maximum Gasteiger partial charge on any atom is 0.322 e. The highest BCUT2D eigenvalue weighted by Gasteiger charge is 2.26. The van der Waals surface area contributed by atoms with Gasteiger partial charge in [0.15, 0.2) is 16.9 Å². The number of pyridine rings is 1. The molecule has 0 saturated carbocycles. The lowest BCUT2D eigenvalue weighted by atomic mass is 9.90. The van der Waals surface area contributed by atoms with Crippen molar-refractivity contribution in [3.05, 3.63) is 50.7 Å². The van der Waals surface area contributed by atoms with Crippen LogP contribution in [0.3, 0.4) is 0 Å². The molecule has 124 valence electrons. The number of carbonyl (C=O) groups is 1. The van der Waals surface area contributed by atoms with Crippen molar-refractivity contribution in [3.8, 4) is 22.8 Å². The van der Waals surface area contributed by atoms with Gasteiger partial charge in [-0.25, -0.2) is 0 Å². The molecular formula is C17H16N2O5. The highest BCUT2D eigenvalue weighted by atomic mass is 16.5. The van der Waals surface area contributed by atoms with E-state index in [4.69, 9.17) is 4.74 Å². The molecule has 3 rings (SSSR count). The summed E-state index contributed by atoms with van der Waals surface area (Å²) in [6.45, 7) is 1.99. The Morgan fingerprint density at radius 3 is 2.79 bits per heavy atom. The van der Waals surface area contributed by atoms with Crippen LogP contribution in [0.1, 0.15) is 35.3 Å². The van der Waals surface area contributed by atoms with Crippen molar-refractivity contribution in [2.45, 2.75) is 25.8 Å². The third kappa shape index (κ3) is 2.38. The first kappa shape index (κ1) is 15.9. The van der Waals surface area contributed by atoms with E-state index in [-0.39, 0.29) is 17.4 Å².